The second kappa shape index (κ2) is 10.1. The molecule has 1 heteroatoms. The number of benzene rings is 3. The minimum Gasteiger partial charge on any atom is -0.360 e. The summed E-state index contributed by atoms with van der Waals surface area (Å²) in [5, 5.41) is 0. The lowest BCUT2D eigenvalue weighted by Gasteiger charge is -2.44. The maximum Gasteiger partial charge on any atom is 0.0890 e. The van der Waals surface area contributed by atoms with E-state index < -0.39 is 0 Å². The lowest BCUT2D eigenvalue weighted by atomic mass is 9.59. The first kappa shape index (κ1) is 28.1. The summed E-state index contributed by atoms with van der Waals surface area (Å²) in [6.45, 7) is 35.4. The molecule has 3 aromatic carbocycles. The van der Waals surface area contributed by atoms with Gasteiger partial charge < -0.3 is 4.74 Å². The zero-order valence-corrected chi connectivity index (χ0v) is 30.0. The van der Waals surface area contributed by atoms with E-state index in [-0.39, 0.29) is 62.4 Å². The minimum atomic E-state index is -0.289. The van der Waals surface area contributed by atoms with Crippen molar-refractivity contribution in [3.05, 3.63) is 106 Å². The highest BCUT2D eigenvalue weighted by Gasteiger charge is 2.57. The summed E-state index contributed by atoms with van der Waals surface area (Å²) in [6, 6.07) is 17.4. The van der Waals surface area contributed by atoms with E-state index in [1.807, 2.05) is 0 Å². The van der Waals surface area contributed by atoms with Gasteiger partial charge in [-0.3, -0.25) is 0 Å². The number of hydrogen-bond acceptors (Lipinski definition) is 1. The monoisotopic (exact) mass is 584 g/mol. The molecule has 0 N–H and O–H groups in total. The van der Waals surface area contributed by atoms with Crippen LogP contribution in [0.25, 0.3) is 0 Å². The van der Waals surface area contributed by atoms with Crippen LogP contribution in [0, 0.1) is 10.8 Å². The maximum atomic E-state index is 8.23. The van der Waals surface area contributed by atoms with Crippen LogP contribution in [-0.4, -0.2) is 0 Å². The predicted octanol–water partition coefficient (Wildman–Crippen LogP) is 11.8. The van der Waals surface area contributed by atoms with E-state index >= 15 is 0 Å². The standard InChI is InChI=1S/2C15H22.C12H16O/c2*1-13(2)11-9-7-8-10-12(11)14(3,4)15(13,5)6;1-11(2)9-7-5-6-8-10(9)12(3,4)13-11/h2*7-10H,1-6H3;5-8H,1-4H3/i7D,8D,9D,10D;;. The first-order valence-corrected chi connectivity index (χ1v) is 16.1. The lowest BCUT2D eigenvalue weighted by molar-refractivity contribution is -0.105. The van der Waals surface area contributed by atoms with Crippen LogP contribution < -0.4 is 0 Å². The van der Waals surface area contributed by atoms with Crippen molar-refractivity contribution in [2.45, 2.75) is 144 Å². The second-order valence-corrected chi connectivity index (χ2v) is 17.2. The molecule has 1 nitrogen and oxygen atoms in total. The van der Waals surface area contributed by atoms with Crippen molar-refractivity contribution >= 4 is 0 Å². The van der Waals surface area contributed by atoms with Crippen LogP contribution in [-0.2, 0) is 37.6 Å². The number of fused-ring (bicyclic) bond motifs is 3. The molecule has 43 heavy (non-hydrogen) atoms. The molecule has 0 amide bonds. The van der Waals surface area contributed by atoms with Crippen LogP contribution in [0.4, 0.5) is 0 Å². The summed E-state index contributed by atoms with van der Waals surface area (Å²) in [5.74, 6) is 0. The van der Waals surface area contributed by atoms with Crippen molar-refractivity contribution in [2.24, 2.45) is 10.8 Å². The second-order valence-electron chi connectivity index (χ2n) is 17.2. The molecule has 0 bridgehead atoms. The van der Waals surface area contributed by atoms with Gasteiger partial charge in [0.2, 0.25) is 0 Å². The molecular formula is C42H60O. The zero-order valence-electron chi connectivity index (χ0n) is 34.0. The summed E-state index contributed by atoms with van der Waals surface area (Å²) in [6.07, 6.45) is 0. The Morgan fingerprint density at radius 3 is 0.953 bits per heavy atom. The molecule has 0 saturated carbocycles. The van der Waals surface area contributed by atoms with E-state index in [4.69, 9.17) is 10.2 Å². The van der Waals surface area contributed by atoms with Gasteiger partial charge in [0.1, 0.15) is 0 Å². The summed E-state index contributed by atoms with van der Waals surface area (Å²) in [4.78, 5) is 0. The van der Waals surface area contributed by atoms with E-state index in [1.165, 1.54) is 22.3 Å². The van der Waals surface area contributed by atoms with Crippen molar-refractivity contribution in [1.82, 2.24) is 0 Å². The van der Waals surface area contributed by atoms with Gasteiger partial charge >= 0.3 is 0 Å². The van der Waals surface area contributed by atoms with Gasteiger partial charge in [0.15, 0.2) is 0 Å². The molecule has 2 aliphatic carbocycles. The Morgan fingerprint density at radius 1 is 0.395 bits per heavy atom. The normalized spacial score (nSPS) is 25.6. The van der Waals surface area contributed by atoms with Crippen LogP contribution in [0.1, 0.15) is 150 Å². The highest BCUT2D eigenvalue weighted by Crippen LogP contribution is 2.62. The van der Waals surface area contributed by atoms with E-state index in [0.29, 0.717) is 5.41 Å². The fraction of sp³-hybridized carbons (Fsp3) is 0.571. The highest BCUT2D eigenvalue weighted by molar-refractivity contribution is 5.49. The number of rotatable bonds is 0. The molecule has 1 heterocycles. The summed E-state index contributed by atoms with van der Waals surface area (Å²) in [5.41, 5.74) is 7.07. The average Bonchev–Trinajstić information content (AvgIpc) is 3.27. The van der Waals surface area contributed by atoms with Crippen molar-refractivity contribution in [3.63, 3.8) is 0 Å². The van der Waals surface area contributed by atoms with E-state index in [0.717, 1.165) is 11.1 Å². The van der Waals surface area contributed by atoms with Crippen molar-refractivity contribution in [1.29, 1.82) is 0 Å². The Bertz CT molecular complexity index is 1580. The van der Waals surface area contributed by atoms with Gasteiger partial charge in [-0.15, -0.1) is 0 Å². The Morgan fingerprint density at radius 2 is 0.651 bits per heavy atom. The Balaban J connectivity index is 0.000000163. The fourth-order valence-electron chi connectivity index (χ4n) is 7.96. The Labute approximate surface area is 270 Å². The molecule has 0 fully saturated rings. The molecule has 1 aliphatic heterocycles. The van der Waals surface area contributed by atoms with Gasteiger partial charge in [0.25, 0.3) is 0 Å². The molecule has 3 aromatic rings. The molecule has 0 unspecified atom stereocenters. The summed E-state index contributed by atoms with van der Waals surface area (Å²) < 4.78 is 38.3. The molecular weight excluding hydrogens is 520 g/mol. The summed E-state index contributed by atoms with van der Waals surface area (Å²) >= 11 is 0. The van der Waals surface area contributed by atoms with Gasteiger partial charge in [-0.1, -0.05) is 156 Å². The van der Waals surface area contributed by atoms with E-state index in [2.05, 4.69) is 159 Å². The molecule has 234 valence electrons. The van der Waals surface area contributed by atoms with Crippen LogP contribution >= 0.6 is 0 Å². The van der Waals surface area contributed by atoms with Gasteiger partial charge in [-0.2, -0.15) is 0 Å². The zero-order chi connectivity index (χ0) is 36.1. The molecule has 3 aliphatic rings. The van der Waals surface area contributed by atoms with Gasteiger partial charge in [-0.05, 0) is 93.6 Å². The Kier molecular flexibility index (Phi) is 6.58. The average molecular weight is 585 g/mol. The first-order valence-electron chi connectivity index (χ1n) is 18.1. The van der Waals surface area contributed by atoms with Crippen molar-refractivity contribution < 1.29 is 10.2 Å². The van der Waals surface area contributed by atoms with Crippen LogP contribution in [0.5, 0.6) is 0 Å². The van der Waals surface area contributed by atoms with E-state index in [1.54, 1.807) is 0 Å². The molecule has 0 atom stereocenters. The molecule has 0 radical (unpaired) electrons. The largest absolute Gasteiger partial charge is 0.360 e. The van der Waals surface area contributed by atoms with Crippen LogP contribution in [0.2, 0.25) is 0 Å². The fourth-order valence-corrected chi connectivity index (χ4v) is 7.96. The summed E-state index contributed by atoms with van der Waals surface area (Å²) in [7, 11) is 0. The topological polar surface area (TPSA) is 9.23 Å². The maximum absolute atomic E-state index is 8.23. The first-order chi connectivity index (χ1) is 21.0. The van der Waals surface area contributed by atoms with Crippen molar-refractivity contribution in [2.75, 3.05) is 0 Å². The number of hydrogen-bond donors (Lipinski definition) is 0. The SMILES string of the molecule is CC1(C)OC(C)(C)c2ccccc21.CC1(C)c2ccccc2C(C)(C)C1(C)C.[2H]c1c([2H])c([2H])c2c(c1[2H])C(C)(C)C(C)(C)C2(C)C. The van der Waals surface area contributed by atoms with Crippen molar-refractivity contribution in [3.8, 4) is 0 Å². The Hall–Kier alpha value is -2.38. The molecule has 6 rings (SSSR count). The minimum absolute atomic E-state index is 0.120. The third kappa shape index (κ3) is 4.75. The third-order valence-corrected chi connectivity index (χ3v) is 13.2. The number of ether oxygens (including phenoxy) is 1. The van der Waals surface area contributed by atoms with Gasteiger partial charge in [0.05, 0.1) is 16.7 Å². The molecule has 0 saturated heterocycles. The van der Waals surface area contributed by atoms with Crippen LogP contribution in [0.15, 0.2) is 72.7 Å². The molecule has 0 spiro atoms. The predicted molar refractivity (Wildman–Crippen MR) is 186 cm³/mol. The molecule has 0 aromatic heterocycles. The lowest BCUT2D eigenvalue weighted by Crippen LogP contribution is -2.42. The smallest absolute Gasteiger partial charge is 0.0890 e. The van der Waals surface area contributed by atoms with Crippen LogP contribution in [0.3, 0.4) is 0 Å². The van der Waals surface area contributed by atoms with E-state index in [9.17, 15) is 0 Å². The third-order valence-electron chi connectivity index (χ3n) is 13.2. The highest BCUT2D eigenvalue weighted by atomic mass is 16.5. The van der Waals surface area contributed by atoms with Gasteiger partial charge in [-0.25, -0.2) is 0 Å². The quantitative estimate of drug-likeness (QED) is 0.255. The van der Waals surface area contributed by atoms with Gasteiger partial charge in [0, 0.05) is 0 Å².